The van der Waals surface area contributed by atoms with Crippen LogP contribution in [0, 0.1) is 17.0 Å². The van der Waals surface area contributed by atoms with Gasteiger partial charge in [-0.2, -0.15) is 0 Å². The van der Waals surface area contributed by atoms with Gasteiger partial charge in [-0.15, -0.1) is 0 Å². The third-order valence-electron chi connectivity index (χ3n) is 5.89. The fourth-order valence-corrected chi connectivity index (χ4v) is 4.43. The van der Waals surface area contributed by atoms with Gasteiger partial charge in [0.2, 0.25) is 0 Å². The molecule has 2 aromatic rings. The van der Waals surface area contributed by atoms with Crippen LogP contribution in [0.15, 0.2) is 48.5 Å². The molecule has 2 heterocycles. The zero-order chi connectivity index (χ0) is 19.2. The maximum atomic E-state index is 13.5. The number of piperidine rings is 1. The Hall–Kier alpha value is -2.09. The van der Waals surface area contributed by atoms with Gasteiger partial charge in [-0.25, -0.2) is 14.2 Å². The fourth-order valence-electron chi connectivity index (χ4n) is 4.21. The molecule has 142 valence electrons. The van der Waals surface area contributed by atoms with Gasteiger partial charge >= 0.3 is 0 Å². The summed E-state index contributed by atoms with van der Waals surface area (Å²) in [4.78, 5) is 0. The van der Waals surface area contributed by atoms with E-state index < -0.39 is 5.66 Å². The van der Waals surface area contributed by atoms with Crippen molar-refractivity contribution in [1.82, 2.24) is 21.5 Å². The van der Waals surface area contributed by atoms with Gasteiger partial charge in [-0.05, 0) is 47.6 Å². The van der Waals surface area contributed by atoms with Crippen LogP contribution in [0.4, 0.5) is 8.78 Å². The van der Waals surface area contributed by atoms with E-state index in [9.17, 15) is 8.78 Å². The molecule has 7 heteroatoms. The lowest BCUT2D eigenvalue weighted by Crippen LogP contribution is -2.68. The number of rotatable bonds is 2. The average molecular weight is 388 g/mol. The minimum Gasteiger partial charge on any atom is -0.342 e. The molecule has 2 saturated heterocycles. The van der Waals surface area contributed by atoms with E-state index in [2.05, 4.69) is 35.3 Å². The summed E-state index contributed by atoms with van der Waals surface area (Å²) in [6.07, 6.45) is 0.691. The van der Waals surface area contributed by atoms with Crippen molar-refractivity contribution in [2.24, 2.45) is 5.41 Å². The van der Waals surface area contributed by atoms with Gasteiger partial charge in [0.1, 0.15) is 17.3 Å². The lowest BCUT2D eigenvalue weighted by Gasteiger charge is -2.55. The molecular weight excluding hydrogens is 366 g/mol. The second-order valence-corrected chi connectivity index (χ2v) is 8.20. The summed E-state index contributed by atoms with van der Waals surface area (Å²) >= 11 is 5.32. The second-order valence-electron chi connectivity index (χ2n) is 7.79. The van der Waals surface area contributed by atoms with Crippen LogP contribution in [0.2, 0.25) is 0 Å². The Labute approximate surface area is 162 Å². The highest BCUT2D eigenvalue weighted by Crippen LogP contribution is 2.50. The molecule has 0 bridgehead atoms. The Kier molecular flexibility index (Phi) is 4.41. The van der Waals surface area contributed by atoms with Crippen molar-refractivity contribution in [3.05, 3.63) is 71.3 Å². The van der Waals surface area contributed by atoms with Crippen LogP contribution in [0.3, 0.4) is 0 Å². The van der Waals surface area contributed by atoms with E-state index in [1.165, 1.54) is 24.3 Å². The molecular formula is C20H22F2N4S. The summed E-state index contributed by atoms with van der Waals surface area (Å²) in [6.45, 7) is 4.29. The van der Waals surface area contributed by atoms with Crippen LogP contribution in [0.5, 0.6) is 0 Å². The highest BCUT2D eigenvalue weighted by Gasteiger charge is 2.57. The molecule has 3 unspecified atom stereocenters. The highest BCUT2D eigenvalue weighted by molar-refractivity contribution is 7.80. The molecule has 0 saturated carbocycles. The van der Waals surface area contributed by atoms with Gasteiger partial charge in [0.25, 0.3) is 0 Å². The first-order chi connectivity index (χ1) is 12.8. The molecule has 0 aromatic heterocycles. The predicted octanol–water partition coefficient (Wildman–Crippen LogP) is 3.45. The molecule has 2 aliphatic heterocycles. The van der Waals surface area contributed by atoms with Gasteiger partial charge in [0.05, 0.1) is 0 Å². The number of halogens is 2. The van der Waals surface area contributed by atoms with Crippen molar-refractivity contribution < 1.29 is 8.78 Å². The minimum absolute atomic E-state index is 0.0450. The smallest absolute Gasteiger partial charge is 0.182 e. The van der Waals surface area contributed by atoms with Crippen LogP contribution in [-0.4, -0.2) is 10.8 Å². The van der Waals surface area contributed by atoms with Crippen LogP contribution in [0.25, 0.3) is 0 Å². The molecule has 4 N–H and O–H groups in total. The zero-order valence-electron chi connectivity index (χ0n) is 15.1. The number of hydrogen-bond donors (Lipinski definition) is 4. The molecule has 0 radical (unpaired) electrons. The maximum Gasteiger partial charge on any atom is 0.182 e. The fraction of sp³-hybridized carbons (Fsp3) is 0.350. The van der Waals surface area contributed by atoms with E-state index in [0.717, 1.165) is 11.1 Å². The molecule has 3 atom stereocenters. The van der Waals surface area contributed by atoms with Crippen molar-refractivity contribution in [2.75, 3.05) is 0 Å². The second kappa shape index (κ2) is 6.51. The van der Waals surface area contributed by atoms with Crippen LogP contribution < -0.4 is 21.5 Å². The van der Waals surface area contributed by atoms with Crippen molar-refractivity contribution in [2.45, 2.75) is 38.0 Å². The molecule has 1 spiro atoms. The molecule has 2 aliphatic rings. The molecule has 2 fully saturated rings. The first-order valence-corrected chi connectivity index (χ1v) is 9.34. The SMILES string of the molecule is CC1(C)C(c2ccc(F)cc2)NC(c2ccc(F)cc2)CC12NNC(=S)N2. The topological polar surface area (TPSA) is 48.1 Å². The number of benzene rings is 2. The molecule has 0 aliphatic carbocycles. The largest absolute Gasteiger partial charge is 0.342 e. The normalized spacial score (nSPS) is 29.4. The van der Waals surface area contributed by atoms with E-state index in [-0.39, 0.29) is 29.1 Å². The summed E-state index contributed by atoms with van der Waals surface area (Å²) in [5, 5.41) is 7.63. The monoisotopic (exact) mass is 388 g/mol. The first-order valence-electron chi connectivity index (χ1n) is 8.93. The van der Waals surface area contributed by atoms with Gasteiger partial charge in [0.15, 0.2) is 5.11 Å². The minimum atomic E-state index is -0.520. The van der Waals surface area contributed by atoms with Crippen molar-refractivity contribution in [3.63, 3.8) is 0 Å². The van der Waals surface area contributed by atoms with E-state index >= 15 is 0 Å². The van der Waals surface area contributed by atoms with Crippen LogP contribution >= 0.6 is 12.2 Å². The van der Waals surface area contributed by atoms with Gasteiger partial charge < -0.3 is 10.6 Å². The summed E-state index contributed by atoms with van der Waals surface area (Å²) in [6, 6.07) is 12.9. The van der Waals surface area contributed by atoms with E-state index in [4.69, 9.17) is 12.2 Å². The van der Waals surface area contributed by atoms with E-state index in [0.29, 0.717) is 11.5 Å². The number of thiocarbonyl (C=S) groups is 1. The Morgan fingerprint density at radius 3 is 2.00 bits per heavy atom. The maximum absolute atomic E-state index is 13.5. The zero-order valence-corrected chi connectivity index (χ0v) is 16.0. The number of nitrogens with one attached hydrogen (secondary N) is 4. The lowest BCUT2D eigenvalue weighted by atomic mass is 9.64. The van der Waals surface area contributed by atoms with Gasteiger partial charge in [0, 0.05) is 23.9 Å². The quantitative estimate of drug-likeness (QED) is 0.594. The Balaban J connectivity index is 1.77. The summed E-state index contributed by atoms with van der Waals surface area (Å²) in [5.74, 6) is -0.531. The van der Waals surface area contributed by atoms with Crippen molar-refractivity contribution in [3.8, 4) is 0 Å². The molecule has 2 aromatic carbocycles. The van der Waals surface area contributed by atoms with Crippen LogP contribution in [-0.2, 0) is 0 Å². The Bertz CT molecular complexity index is 853. The van der Waals surface area contributed by atoms with E-state index in [1.807, 2.05) is 0 Å². The third kappa shape index (κ3) is 3.09. The van der Waals surface area contributed by atoms with Crippen molar-refractivity contribution >= 4 is 17.3 Å². The van der Waals surface area contributed by atoms with Gasteiger partial charge in [-0.1, -0.05) is 38.1 Å². The number of hydrazine groups is 1. The molecule has 4 nitrogen and oxygen atoms in total. The Morgan fingerprint density at radius 1 is 0.926 bits per heavy atom. The van der Waals surface area contributed by atoms with Crippen LogP contribution in [0.1, 0.15) is 43.5 Å². The Morgan fingerprint density at radius 2 is 1.48 bits per heavy atom. The summed E-state index contributed by atoms with van der Waals surface area (Å²) in [5.41, 5.74) is 7.49. The average Bonchev–Trinajstić information content (AvgIpc) is 3.01. The standard InChI is InChI=1S/C20H22F2N4S/c1-19(2)17(13-5-9-15(22)10-6-13)23-16(12-3-7-14(21)8-4-12)11-20(19)24-18(27)25-26-20/h3-10,16-17,23,26H,11H2,1-2H3,(H2,24,25,27). The van der Waals surface area contributed by atoms with Crippen molar-refractivity contribution in [1.29, 1.82) is 0 Å². The predicted molar refractivity (Wildman–Crippen MR) is 105 cm³/mol. The number of hydrogen-bond acceptors (Lipinski definition) is 3. The summed E-state index contributed by atoms with van der Waals surface area (Å²) < 4.78 is 26.9. The molecule has 27 heavy (non-hydrogen) atoms. The summed E-state index contributed by atoms with van der Waals surface area (Å²) in [7, 11) is 0. The van der Waals surface area contributed by atoms with E-state index in [1.54, 1.807) is 24.3 Å². The van der Waals surface area contributed by atoms with Gasteiger partial charge in [-0.3, -0.25) is 5.43 Å². The first kappa shape index (κ1) is 18.3. The third-order valence-corrected chi connectivity index (χ3v) is 6.10. The highest BCUT2D eigenvalue weighted by atomic mass is 32.1. The molecule has 4 rings (SSSR count). The lowest BCUT2D eigenvalue weighted by molar-refractivity contribution is 0.00512. The molecule has 0 amide bonds.